The third-order valence-corrected chi connectivity index (χ3v) is 14.2. The van der Waals surface area contributed by atoms with Crippen LogP contribution in [0.1, 0.15) is 140 Å². The molecule has 4 aliphatic carbocycles. The zero-order valence-corrected chi connectivity index (χ0v) is 29.8. The highest BCUT2D eigenvalue weighted by atomic mass is 16.6. The van der Waals surface area contributed by atoms with Crippen LogP contribution < -0.4 is 0 Å². The van der Waals surface area contributed by atoms with Crippen LogP contribution in [0.3, 0.4) is 0 Å². The Labute approximate surface area is 347 Å². The maximum Gasteiger partial charge on any atom is 0.317 e. The molecule has 17 atom stereocenters. The van der Waals surface area contributed by atoms with Gasteiger partial charge in [-0.05, 0) is 112 Å². The summed E-state index contributed by atoms with van der Waals surface area (Å²) in [6.45, 7) is 13.0. The van der Waals surface area contributed by atoms with Crippen molar-refractivity contribution in [2.75, 3.05) is 13.2 Å². The highest BCUT2D eigenvalue weighted by Crippen LogP contribution is 2.68. The fourth-order valence-electron chi connectivity index (χ4n) is 12.4. The van der Waals surface area contributed by atoms with Crippen molar-refractivity contribution in [1.82, 2.24) is 0 Å². The van der Waals surface area contributed by atoms with Gasteiger partial charge in [-0.25, -0.2) is 0 Å². The van der Waals surface area contributed by atoms with Crippen molar-refractivity contribution in [2.45, 2.75) is 158 Å². The van der Waals surface area contributed by atoms with Crippen LogP contribution in [0.25, 0.3) is 0 Å². The van der Waals surface area contributed by atoms with E-state index in [1.54, 1.807) is 13.8 Å². The lowest BCUT2D eigenvalue weighted by Gasteiger charge is -2.47. The van der Waals surface area contributed by atoms with Gasteiger partial charge in [0, 0.05) is 5.41 Å². The number of carboxylic acid groups (broad SMARTS) is 1. The second kappa shape index (κ2) is 19.7. The molecule has 17 unspecified atom stereocenters. The first-order valence-corrected chi connectivity index (χ1v) is 18.6. The molecule has 0 aromatic heterocycles. The predicted molar refractivity (Wildman–Crippen MR) is 226 cm³/mol. The van der Waals surface area contributed by atoms with E-state index in [-0.39, 0.29) is 126 Å². The maximum atomic E-state index is 14.0. The number of ether oxygens (including phenoxy) is 4. The minimum Gasteiger partial charge on any atom is -0.481 e. The molecule has 7 fully saturated rings. The molecule has 3 heterocycles. The molecule has 336 valence electrons. The molecule has 11 nitrogen and oxygen atoms in total. The molecule has 0 amide bonds. The number of rotatable bonds is 9. The van der Waals surface area contributed by atoms with Crippen LogP contribution in [0.2, 0.25) is 0 Å². The summed E-state index contributed by atoms with van der Waals surface area (Å²) in [4.78, 5) is 67.8. The smallest absolute Gasteiger partial charge is 0.317 e. The molecule has 7 aliphatic rings. The third kappa shape index (κ3) is 9.14. The van der Waals surface area contributed by atoms with Gasteiger partial charge in [-0.2, -0.15) is 0 Å². The molecule has 0 radical (unpaired) electrons. The molecule has 0 aromatic carbocycles. The van der Waals surface area contributed by atoms with Crippen LogP contribution in [0.15, 0.2) is 0 Å². The van der Waals surface area contributed by atoms with Crippen LogP contribution in [-0.4, -0.2) is 71.1 Å². The molecule has 6 bridgehead atoms. The van der Waals surface area contributed by atoms with Gasteiger partial charge < -0.3 is 29.2 Å². The molecule has 57 heavy (non-hydrogen) atoms. The number of aliphatic carboxylic acids is 1. The Hall–Kier alpha value is -2.53. The maximum absolute atomic E-state index is 14.0. The zero-order valence-electron chi connectivity index (χ0n) is 29.8. The van der Waals surface area contributed by atoms with Crippen molar-refractivity contribution in [3.8, 4) is 0 Å². The van der Waals surface area contributed by atoms with Crippen LogP contribution in [-0.2, 0) is 42.9 Å². The molecule has 2 N–H and O–H groups in total. The van der Waals surface area contributed by atoms with E-state index in [1.807, 2.05) is 27.7 Å². The summed E-state index contributed by atoms with van der Waals surface area (Å²) in [7, 11) is 0. The fourth-order valence-corrected chi connectivity index (χ4v) is 12.4. The van der Waals surface area contributed by atoms with E-state index in [0.717, 1.165) is 19.3 Å². The highest BCUT2D eigenvalue weighted by molar-refractivity contribution is 5.97. The lowest BCUT2D eigenvalue weighted by Crippen LogP contribution is -2.53. The quantitative estimate of drug-likeness (QED) is 0.130. The molecule has 7 rings (SSSR count). The monoisotopic (exact) mass is 815 g/mol. The third-order valence-electron chi connectivity index (χ3n) is 14.2. The van der Waals surface area contributed by atoms with E-state index in [2.05, 4.69) is 6.92 Å². The number of hydrogen-bond donors (Lipinski definition) is 2. The average Bonchev–Trinajstić information content (AvgIpc) is 3.87. The van der Waals surface area contributed by atoms with Crippen LogP contribution >= 0.6 is 0 Å². The second-order valence-corrected chi connectivity index (χ2v) is 18.6. The van der Waals surface area contributed by atoms with Crippen LogP contribution in [0, 0.1) is 94.2 Å². The number of esters is 4. The lowest BCUT2D eigenvalue weighted by molar-refractivity contribution is -0.167. The molecular weight excluding hydrogens is 728 g/mol. The number of carbonyl (C=O) groups excluding carboxylic acids is 4. The van der Waals surface area contributed by atoms with Gasteiger partial charge in [0.15, 0.2) is 0 Å². The summed E-state index contributed by atoms with van der Waals surface area (Å²) in [5.41, 5.74) is -1.36. The first kappa shape index (κ1) is 56.6. The van der Waals surface area contributed by atoms with Gasteiger partial charge in [-0.3, -0.25) is 24.0 Å². The predicted octanol–water partition coefficient (Wildman–Crippen LogP) is 9.22. The Morgan fingerprint density at radius 1 is 0.684 bits per heavy atom. The van der Waals surface area contributed by atoms with Gasteiger partial charge in [-0.1, -0.05) is 87.1 Å². The summed E-state index contributed by atoms with van der Waals surface area (Å²) >= 11 is 0. The first-order chi connectivity index (χ1) is 22.9. The van der Waals surface area contributed by atoms with Crippen LogP contribution in [0.4, 0.5) is 0 Å². The number of aliphatic hydroxyl groups excluding tert-OH is 1. The topological polar surface area (TPSA) is 163 Å². The molecular formula is C46H86O11. The van der Waals surface area contributed by atoms with Crippen molar-refractivity contribution in [1.29, 1.82) is 0 Å². The van der Waals surface area contributed by atoms with Gasteiger partial charge in [0.25, 0.3) is 0 Å². The van der Waals surface area contributed by atoms with Gasteiger partial charge in [0.05, 0.1) is 55.0 Å². The highest BCUT2D eigenvalue weighted by Gasteiger charge is 2.72. The molecule has 3 saturated heterocycles. The van der Waals surface area contributed by atoms with E-state index in [0.29, 0.717) is 24.7 Å². The SMILES string of the molecule is C.C.C.C.C.C.C.C.CC1C2CCC(C2)C1C1C(=O)OC(=O)C1C1C2CC(CC2C(=O)OC(C)(C)C)C1C1C(C)C2OC1C(C(=O)O)C2C(=O)OCC(C)(C)CO. The van der Waals surface area contributed by atoms with Gasteiger partial charge >= 0.3 is 29.8 Å². The van der Waals surface area contributed by atoms with Crippen LogP contribution in [0.5, 0.6) is 0 Å². The number of carboxylic acids is 1. The number of cyclic esters (lactones) is 2. The van der Waals surface area contributed by atoms with E-state index >= 15 is 0 Å². The molecule has 0 aromatic rings. The van der Waals surface area contributed by atoms with Crippen molar-refractivity contribution < 1.29 is 53.1 Å². The Morgan fingerprint density at radius 3 is 1.75 bits per heavy atom. The first-order valence-electron chi connectivity index (χ1n) is 18.6. The zero-order chi connectivity index (χ0) is 35.5. The van der Waals surface area contributed by atoms with E-state index in [1.165, 1.54) is 0 Å². The Kier molecular flexibility index (Phi) is 19.5. The molecule has 0 spiro atoms. The Morgan fingerprint density at radius 2 is 1.25 bits per heavy atom. The van der Waals surface area contributed by atoms with Crippen molar-refractivity contribution >= 4 is 29.8 Å². The van der Waals surface area contributed by atoms with Crippen molar-refractivity contribution in [2.24, 2.45) is 94.2 Å². The van der Waals surface area contributed by atoms with Gasteiger partial charge in [-0.15, -0.1) is 0 Å². The summed E-state index contributed by atoms with van der Waals surface area (Å²) in [6, 6.07) is 0. The summed E-state index contributed by atoms with van der Waals surface area (Å²) in [5.74, 6) is -7.07. The Bertz CT molecular complexity index is 1400. The summed E-state index contributed by atoms with van der Waals surface area (Å²) in [6.07, 6.45) is 2.98. The normalized spacial score (nSPS) is 40.2. The van der Waals surface area contributed by atoms with E-state index in [4.69, 9.17) is 18.9 Å². The lowest BCUT2D eigenvalue weighted by atomic mass is 9.54. The fraction of sp³-hybridized carbons (Fsp3) is 0.891. The largest absolute Gasteiger partial charge is 0.481 e. The second-order valence-electron chi connectivity index (χ2n) is 18.6. The Balaban J connectivity index is 0. The van der Waals surface area contributed by atoms with Crippen molar-refractivity contribution in [3.05, 3.63) is 0 Å². The van der Waals surface area contributed by atoms with Gasteiger partial charge in [0.1, 0.15) is 5.60 Å². The average molecular weight is 815 g/mol. The molecule has 11 heteroatoms. The summed E-state index contributed by atoms with van der Waals surface area (Å²) in [5, 5.41) is 20.2. The van der Waals surface area contributed by atoms with Gasteiger partial charge in [0.2, 0.25) is 0 Å². The minimum atomic E-state index is -1.14. The number of carbonyl (C=O) groups is 5. The summed E-state index contributed by atoms with van der Waals surface area (Å²) < 4.78 is 23.5. The standard InChI is InChI=1S/C38H54O11.8CH4/c1-15-17-8-9-18(10-17)22(15)26-27(36(45)48-35(26)44)25-20-11-19(12-21(20)33(42)49-37(3,4)5)24(25)23-16(2)30-29(28(32(40)41)31(23)47-30)34(43)46-14-38(6,7)13-39;;;;;;;;/h15-31,39H,8-14H2,1-7H3,(H,40,41);8*1H4. The van der Waals surface area contributed by atoms with Crippen molar-refractivity contribution in [3.63, 3.8) is 0 Å². The van der Waals surface area contributed by atoms with E-state index < -0.39 is 76.7 Å². The van der Waals surface area contributed by atoms with E-state index in [9.17, 15) is 34.2 Å². The molecule has 3 aliphatic heterocycles. The molecule has 4 saturated carbocycles. The number of hydrogen-bond acceptors (Lipinski definition) is 10. The minimum absolute atomic E-state index is 0. The number of aliphatic hydroxyl groups is 1. The number of fused-ring (bicyclic) bond motifs is 6.